The molecule has 2 aromatic carbocycles. The number of rotatable bonds is 6. The van der Waals surface area contributed by atoms with Gasteiger partial charge in [0.15, 0.2) is 5.16 Å². The number of nitrogens with one attached hydrogen (secondary N) is 1. The Kier molecular flexibility index (Phi) is 6.30. The van der Waals surface area contributed by atoms with Gasteiger partial charge >= 0.3 is 0 Å². The van der Waals surface area contributed by atoms with Crippen LogP contribution in [0.3, 0.4) is 0 Å². The molecule has 1 aromatic heterocycles. The van der Waals surface area contributed by atoms with E-state index in [1.807, 2.05) is 49.4 Å². The normalized spacial score (nSPS) is 10.5. The average Bonchev–Trinajstić information content (AvgIpc) is 2.65. The summed E-state index contributed by atoms with van der Waals surface area (Å²) in [6, 6.07) is 15.4. The highest BCUT2D eigenvalue weighted by molar-refractivity contribution is 7.99. The summed E-state index contributed by atoms with van der Waals surface area (Å²) in [6.45, 7) is 1.98. The second kappa shape index (κ2) is 8.87. The molecule has 0 saturated carbocycles. The molecule has 0 aliphatic rings. The van der Waals surface area contributed by atoms with Crippen LogP contribution < -0.4 is 5.32 Å². The summed E-state index contributed by atoms with van der Waals surface area (Å²) < 4.78 is 0. The van der Waals surface area contributed by atoms with Crippen LogP contribution in [0.5, 0.6) is 0 Å². The van der Waals surface area contributed by atoms with Crippen molar-refractivity contribution in [2.75, 3.05) is 11.6 Å². The van der Waals surface area contributed by atoms with E-state index in [0.29, 0.717) is 10.7 Å². The van der Waals surface area contributed by atoms with Gasteiger partial charge in [0.25, 0.3) is 5.91 Å². The largest absolute Gasteiger partial charge is 0.322 e. The highest BCUT2D eigenvalue weighted by Gasteiger charge is 2.09. The summed E-state index contributed by atoms with van der Waals surface area (Å²) in [4.78, 5) is 21.9. The van der Waals surface area contributed by atoms with Crippen LogP contribution in [0.2, 0.25) is 0 Å². The van der Waals surface area contributed by atoms with E-state index in [1.165, 1.54) is 17.3 Å². The van der Waals surface area contributed by atoms with Gasteiger partial charge in [-0.1, -0.05) is 12.1 Å². The monoisotopic (exact) mass is 381 g/mol. The smallest absolute Gasteiger partial charge is 0.255 e. The summed E-state index contributed by atoms with van der Waals surface area (Å²) >= 11 is 3.26. The Bertz CT molecular complexity index is 883. The molecule has 3 rings (SSSR count). The van der Waals surface area contributed by atoms with Crippen LogP contribution in [0, 0.1) is 6.92 Å². The standard InChI is InChI=1S/C20H19N3OS2/c1-14-12-17(26-20-21-10-3-11-22-20)8-9-18(14)23-19(24)16-6-4-15(5-7-16)13-25-2/h3-12H,13H2,1-2H3,(H,23,24). The van der Waals surface area contributed by atoms with Crippen LogP contribution in [0.1, 0.15) is 21.5 Å². The zero-order chi connectivity index (χ0) is 18.4. The number of hydrogen-bond acceptors (Lipinski definition) is 5. The third-order valence-electron chi connectivity index (χ3n) is 3.72. The first kappa shape index (κ1) is 18.5. The Morgan fingerprint density at radius 2 is 1.81 bits per heavy atom. The average molecular weight is 382 g/mol. The maximum atomic E-state index is 12.5. The van der Waals surface area contributed by atoms with E-state index in [-0.39, 0.29) is 5.91 Å². The Balaban J connectivity index is 1.68. The number of anilines is 1. The predicted octanol–water partition coefficient (Wildman–Crippen LogP) is 5.05. The minimum atomic E-state index is -0.101. The Hall–Kier alpha value is -2.31. The van der Waals surface area contributed by atoms with E-state index in [2.05, 4.69) is 21.5 Å². The maximum Gasteiger partial charge on any atom is 0.255 e. The lowest BCUT2D eigenvalue weighted by Crippen LogP contribution is -2.12. The molecule has 1 heterocycles. The molecule has 0 spiro atoms. The summed E-state index contributed by atoms with van der Waals surface area (Å²) in [5.41, 5.74) is 3.68. The van der Waals surface area contributed by atoms with E-state index in [1.54, 1.807) is 30.2 Å². The van der Waals surface area contributed by atoms with Crippen molar-refractivity contribution in [2.45, 2.75) is 22.7 Å². The zero-order valence-electron chi connectivity index (χ0n) is 14.6. The number of nitrogens with zero attached hydrogens (tertiary/aromatic N) is 2. The topological polar surface area (TPSA) is 54.9 Å². The fraction of sp³-hybridized carbons (Fsp3) is 0.150. The van der Waals surface area contributed by atoms with Gasteiger partial charge in [-0.05, 0) is 72.5 Å². The van der Waals surface area contributed by atoms with Crippen molar-refractivity contribution in [3.05, 3.63) is 77.6 Å². The van der Waals surface area contributed by atoms with Crippen LogP contribution in [-0.2, 0) is 5.75 Å². The van der Waals surface area contributed by atoms with Crippen molar-refractivity contribution >= 4 is 35.1 Å². The highest BCUT2D eigenvalue weighted by Crippen LogP contribution is 2.28. The molecule has 132 valence electrons. The van der Waals surface area contributed by atoms with Gasteiger partial charge in [-0.15, -0.1) is 0 Å². The molecule has 1 amide bonds. The first-order valence-electron chi connectivity index (χ1n) is 8.10. The third kappa shape index (κ3) is 4.86. The second-order valence-corrected chi connectivity index (χ2v) is 7.60. The Morgan fingerprint density at radius 3 is 2.46 bits per heavy atom. The first-order chi connectivity index (χ1) is 12.7. The minimum absolute atomic E-state index is 0.101. The van der Waals surface area contributed by atoms with Crippen LogP contribution in [0.4, 0.5) is 5.69 Å². The molecule has 0 radical (unpaired) electrons. The molecule has 0 aliphatic carbocycles. The summed E-state index contributed by atoms with van der Waals surface area (Å²) in [5.74, 6) is 0.848. The van der Waals surface area contributed by atoms with Gasteiger partial charge in [-0.2, -0.15) is 11.8 Å². The predicted molar refractivity (Wildman–Crippen MR) is 109 cm³/mol. The molecular weight excluding hydrogens is 362 g/mol. The molecular formula is C20H19N3OS2. The number of carbonyl (C=O) groups is 1. The van der Waals surface area contributed by atoms with Gasteiger partial charge in [-0.3, -0.25) is 4.79 Å². The molecule has 0 fully saturated rings. The Morgan fingerprint density at radius 1 is 1.08 bits per heavy atom. The molecule has 0 atom stereocenters. The van der Waals surface area contributed by atoms with Crippen LogP contribution in [-0.4, -0.2) is 22.1 Å². The quantitative estimate of drug-likeness (QED) is 0.606. The van der Waals surface area contributed by atoms with E-state index >= 15 is 0 Å². The lowest BCUT2D eigenvalue weighted by Gasteiger charge is -2.10. The van der Waals surface area contributed by atoms with Gasteiger partial charge in [0.1, 0.15) is 0 Å². The number of aryl methyl sites for hydroxylation is 1. The van der Waals surface area contributed by atoms with Crippen molar-refractivity contribution in [3.8, 4) is 0 Å². The minimum Gasteiger partial charge on any atom is -0.322 e. The van der Waals surface area contributed by atoms with Crippen LogP contribution in [0.25, 0.3) is 0 Å². The molecule has 26 heavy (non-hydrogen) atoms. The SMILES string of the molecule is CSCc1ccc(C(=O)Nc2ccc(Sc3ncccn3)cc2C)cc1. The van der Waals surface area contributed by atoms with Crippen molar-refractivity contribution in [3.63, 3.8) is 0 Å². The zero-order valence-corrected chi connectivity index (χ0v) is 16.2. The van der Waals surface area contributed by atoms with Gasteiger partial charge in [0, 0.05) is 34.3 Å². The van der Waals surface area contributed by atoms with E-state index in [9.17, 15) is 4.79 Å². The van der Waals surface area contributed by atoms with Crippen molar-refractivity contribution in [2.24, 2.45) is 0 Å². The molecule has 0 aliphatic heterocycles. The summed E-state index contributed by atoms with van der Waals surface area (Å²) in [6.07, 6.45) is 5.51. The van der Waals surface area contributed by atoms with Gasteiger partial charge in [-0.25, -0.2) is 9.97 Å². The molecule has 0 unspecified atom stereocenters. The molecule has 6 heteroatoms. The fourth-order valence-electron chi connectivity index (χ4n) is 2.40. The van der Waals surface area contributed by atoms with Gasteiger partial charge in [0.2, 0.25) is 0 Å². The number of thioether (sulfide) groups is 1. The maximum absolute atomic E-state index is 12.5. The number of aromatic nitrogens is 2. The lowest BCUT2D eigenvalue weighted by atomic mass is 10.1. The van der Waals surface area contributed by atoms with Crippen molar-refractivity contribution in [1.82, 2.24) is 9.97 Å². The number of benzene rings is 2. The molecule has 4 nitrogen and oxygen atoms in total. The first-order valence-corrected chi connectivity index (χ1v) is 10.3. The molecule has 0 bridgehead atoms. The van der Waals surface area contributed by atoms with Gasteiger partial charge in [0.05, 0.1) is 0 Å². The van der Waals surface area contributed by atoms with E-state index in [0.717, 1.165) is 21.9 Å². The highest BCUT2D eigenvalue weighted by atomic mass is 32.2. The lowest BCUT2D eigenvalue weighted by molar-refractivity contribution is 0.102. The summed E-state index contributed by atoms with van der Waals surface area (Å²) in [5, 5.41) is 3.69. The van der Waals surface area contributed by atoms with Crippen molar-refractivity contribution in [1.29, 1.82) is 0 Å². The molecule has 1 N–H and O–H groups in total. The van der Waals surface area contributed by atoms with E-state index < -0.39 is 0 Å². The second-order valence-electron chi connectivity index (χ2n) is 5.69. The van der Waals surface area contributed by atoms with Crippen LogP contribution >= 0.6 is 23.5 Å². The molecule has 0 saturated heterocycles. The van der Waals surface area contributed by atoms with Gasteiger partial charge < -0.3 is 5.32 Å². The fourth-order valence-corrected chi connectivity index (χ4v) is 3.73. The Labute approximate surface area is 161 Å². The number of amides is 1. The van der Waals surface area contributed by atoms with Crippen molar-refractivity contribution < 1.29 is 4.79 Å². The van der Waals surface area contributed by atoms with Crippen LogP contribution in [0.15, 0.2) is 71.0 Å². The summed E-state index contributed by atoms with van der Waals surface area (Å²) in [7, 11) is 0. The third-order valence-corrected chi connectivity index (χ3v) is 5.23. The molecule has 3 aromatic rings. The number of hydrogen-bond donors (Lipinski definition) is 1. The number of carbonyl (C=O) groups excluding carboxylic acids is 1. The van der Waals surface area contributed by atoms with E-state index in [4.69, 9.17) is 0 Å².